The zero-order valence-corrected chi connectivity index (χ0v) is 22.3. The van der Waals surface area contributed by atoms with Crippen LogP contribution in [-0.4, -0.2) is 46.3 Å². The minimum atomic E-state index is 0.463. The predicted molar refractivity (Wildman–Crippen MR) is 154 cm³/mol. The second kappa shape index (κ2) is 10.4. The van der Waals surface area contributed by atoms with Crippen molar-refractivity contribution in [3.05, 3.63) is 84.9 Å². The molecule has 0 saturated heterocycles. The number of nitrogens with zero attached hydrogens (tertiary/aromatic N) is 5. The summed E-state index contributed by atoms with van der Waals surface area (Å²) >= 11 is 1.61. The van der Waals surface area contributed by atoms with Crippen LogP contribution in [0.5, 0.6) is 17.2 Å². The van der Waals surface area contributed by atoms with Gasteiger partial charge < -0.3 is 19.5 Å². The van der Waals surface area contributed by atoms with E-state index in [9.17, 15) is 0 Å². The van der Waals surface area contributed by atoms with Gasteiger partial charge in [0.15, 0.2) is 23.1 Å². The summed E-state index contributed by atoms with van der Waals surface area (Å²) in [6.07, 6.45) is 0. The van der Waals surface area contributed by atoms with Crippen molar-refractivity contribution in [3.63, 3.8) is 0 Å². The fourth-order valence-electron chi connectivity index (χ4n) is 4.27. The number of nitrogens with one attached hydrogen (secondary N) is 1. The number of methoxy groups -OCH3 is 3. The van der Waals surface area contributed by atoms with E-state index in [1.54, 1.807) is 37.3 Å². The maximum atomic E-state index is 5.59. The van der Waals surface area contributed by atoms with Crippen molar-refractivity contribution >= 4 is 54.3 Å². The lowest BCUT2D eigenvalue weighted by molar-refractivity contribution is 0.324. The summed E-state index contributed by atoms with van der Waals surface area (Å²) in [7, 11) is 4.73. The summed E-state index contributed by atoms with van der Waals surface area (Å²) in [5.74, 6) is 2.45. The van der Waals surface area contributed by atoms with Crippen LogP contribution in [0.4, 0.5) is 11.5 Å². The molecule has 0 aliphatic rings. The Labute approximate surface area is 227 Å². The van der Waals surface area contributed by atoms with Crippen molar-refractivity contribution in [1.29, 1.82) is 0 Å². The molecule has 9 nitrogen and oxygen atoms in total. The highest BCUT2D eigenvalue weighted by Crippen LogP contribution is 2.41. The molecule has 6 aromatic rings. The molecule has 0 aliphatic carbocycles. The van der Waals surface area contributed by atoms with E-state index in [-0.39, 0.29) is 0 Å². The molecule has 2 aromatic heterocycles. The van der Waals surface area contributed by atoms with Crippen molar-refractivity contribution in [1.82, 2.24) is 25.0 Å². The predicted octanol–water partition coefficient (Wildman–Crippen LogP) is 6.47. The molecule has 0 amide bonds. The average molecular weight is 537 g/mol. The third-order valence-corrected chi connectivity index (χ3v) is 7.23. The number of ether oxygens (including phenoxy) is 3. The molecule has 2 heterocycles. The Balaban J connectivity index is 1.71. The highest BCUT2D eigenvalue weighted by molar-refractivity contribution is 7.24. The van der Waals surface area contributed by atoms with E-state index in [4.69, 9.17) is 24.2 Å². The van der Waals surface area contributed by atoms with Crippen molar-refractivity contribution in [2.24, 2.45) is 0 Å². The van der Waals surface area contributed by atoms with Crippen LogP contribution in [0, 0.1) is 0 Å². The van der Waals surface area contributed by atoms with Gasteiger partial charge >= 0.3 is 0 Å². The molecule has 0 unspecified atom stereocenters. The van der Waals surface area contributed by atoms with Crippen molar-refractivity contribution in [2.75, 3.05) is 26.6 Å². The number of hydrogen-bond donors (Lipinski definition) is 1. The van der Waals surface area contributed by atoms with Crippen molar-refractivity contribution in [3.8, 4) is 23.1 Å². The summed E-state index contributed by atoms with van der Waals surface area (Å²) in [4.78, 5) is 10.2. The molecule has 6 rings (SSSR count). The molecule has 0 bridgehead atoms. The Morgan fingerprint density at radius 2 is 1.28 bits per heavy atom. The van der Waals surface area contributed by atoms with Gasteiger partial charge in [-0.15, -0.1) is 16.4 Å². The average Bonchev–Trinajstić information content (AvgIpc) is 3.42. The van der Waals surface area contributed by atoms with Gasteiger partial charge in [0, 0.05) is 17.8 Å². The molecule has 1 N–H and O–H groups in total. The molecule has 4 aromatic carbocycles. The molecule has 0 radical (unpaired) electrons. The van der Waals surface area contributed by atoms with Crippen LogP contribution >= 0.6 is 11.3 Å². The first-order chi connectivity index (χ1) is 19.2. The van der Waals surface area contributed by atoms with E-state index in [1.165, 1.54) is 0 Å². The SMILES string of the molecule is COc1cc(Nc2nc3ccccc3sc3ccccc3nc2-n2nnc3ccccc32)cc(OC)c1OC. The smallest absolute Gasteiger partial charge is 0.203 e. The largest absolute Gasteiger partial charge is 0.493 e. The quantitative estimate of drug-likeness (QED) is 0.259. The van der Waals surface area contributed by atoms with Crippen molar-refractivity contribution < 1.29 is 14.2 Å². The van der Waals surface area contributed by atoms with E-state index >= 15 is 0 Å². The van der Waals surface area contributed by atoms with Crippen LogP contribution in [0.1, 0.15) is 0 Å². The normalized spacial score (nSPS) is 10.9. The monoisotopic (exact) mass is 536 g/mol. The van der Waals surface area contributed by atoms with Crippen LogP contribution in [0.15, 0.2) is 84.9 Å². The van der Waals surface area contributed by atoms with E-state index in [1.807, 2.05) is 78.9 Å². The summed E-state index contributed by atoms with van der Waals surface area (Å²) in [5.41, 5.74) is 3.78. The summed E-state index contributed by atoms with van der Waals surface area (Å²) < 4.78 is 20.4. The minimum absolute atomic E-state index is 0.463. The summed E-state index contributed by atoms with van der Waals surface area (Å²) in [5, 5.41) is 12.3. The fraction of sp³-hybridized carbons (Fsp3) is 0.103. The van der Waals surface area contributed by atoms with Gasteiger partial charge in [0.05, 0.1) is 47.3 Å². The van der Waals surface area contributed by atoms with Crippen LogP contribution in [0.3, 0.4) is 0 Å². The zero-order chi connectivity index (χ0) is 26.8. The highest BCUT2D eigenvalue weighted by Gasteiger charge is 2.17. The Hall–Kier alpha value is -4.96. The van der Waals surface area contributed by atoms with Crippen molar-refractivity contribution in [2.45, 2.75) is 0 Å². The molecule has 0 aliphatic heterocycles. The Morgan fingerprint density at radius 3 is 1.92 bits per heavy atom. The minimum Gasteiger partial charge on any atom is -0.493 e. The first kappa shape index (κ1) is 24.4. The third-order valence-electron chi connectivity index (χ3n) is 6.10. The standard InChI is InChI=1S/C29H24N6O3S/c1-36-23-16-18(17-24(37-2)27(23)38-3)30-28-29(35-22-13-7-4-10-19(22)33-34-35)32-21-12-6-9-15-26(21)39-25-14-8-5-11-20(25)31-28/h4-17H,1-3H3,(H,30,31). The first-order valence-electron chi connectivity index (χ1n) is 12.1. The number of rotatable bonds is 6. The molecular formula is C29H24N6O3S. The molecule has 0 atom stereocenters. The van der Waals surface area contributed by atoms with E-state index < -0.39 is 0 Å². The fourth-order valence-corrected chi connectivity index (χ4v) is 5.24. The molecule has 0 saturated carbocycles. The lowest BCUT2D eigenvalue weighted by Gasteiger charge is -2.15. The summed E-state index contributed by atoms with van der Waals surface area (Å²) in [6, 6.07) is 27.4. The Kier molecular flexibility index (Phi) is 6.52. The zero-order valence-electron chi connectivity index (χ0n) is 21.5. The number of fused-ring (bicyclic) bond motifs is 3. The van der Waals surface area contributed by atoms with Crippen LogP contribution in [0.25, 0.3) is 37.3 Å². The number of benzene rings is 4. The highest BCUT2D eigenvalue weighted by atomic mass is 32.1. The number of anilines is 2. The van der Waals surface area contributed by atoms with Gasteiger partial charge in [-0.3, -0.25) is 0 Å². The molecule has 0 spiro atoms. The number of aromatic nitrogens is 5. The van der Waals surface area contributed by atoms with Gasteiger partial charge in [0.25, 0.3) is 0 Å². The molecule has 39 heavy (non-hydrogen) atoms. The summed E-state index contributed by atoms with van der Waals surface area (Å²) in [6.45, 7) is 0. The van der Waals surface area contributed by atoms with Gasteiger partial charge in [-0.1, -0.05) is 41.6 Å². The van der Waals surface area contributed by atoms with Gasteiger partial charge in [0.1, 0.15) is 5.52 Å². The van der Waals surface area contributed by atoms with E-state index in [0.29, 0.717) is 34.6 Å². The third kappa shape index (κ3) is 4.62. The van der Waals surface area contributed by atoms with E-state index in [2.05, 4.69) is 21.7 Å². The van der Waals surface area contributed by atoms with E-state index in [0.717, 1.165) is 31.5 Å². The van der Waals surface area contributed by atoms with Gasteiger partial charge in [-0.05, 0) is 36.4 Å². The topological polar surface area (TPSA) is 96.2 Å². The number of hydrogen-bond acceptors (Lipinski definition) is 9. The Morgan fingerprint density at radius 1 is 0.692 bits per heavy atom. The molecule has 194 valence electrons. The molecule has 10 heteroatoms. The maximum Gasteiger partial charge on any atom is 0.203 e. The lowest BCUT2D eigenvalue weighted by atomic mass is 10.2. The van der Waals surface area contributed by atoms with Gasteiger partial charge in [0.2, 0.25) is 5.75 Å². The lowest BCUT2D eigenvalue weighted by Crippen LogP contribution is -2.06. The number of para-hydroxylation sites is 3. The van der Waals surface area contributed by atoms with Crippen LogP contribution in [0.2, 0.25) is 0 Å². The maximum absolute atomic E-state index is 5.59. The second-order valence-corrected chi connectivity index (χ2v) is 9.55. The van der Waals surface area contributed by atoms with Gasteiger partial charge in [-0.2, -0.15) is 4.68 Å². The molecular weight excluding hydrogens is 512 g/mol. The van der Waals surface area contributed by atoms with Crippen LogP contribution < -0.4 is 19.5 Å². The second-order valence-electron chi connectivity index (χ2n) is 8.46. The Bertz CT molecular complexity index is 1860. The first-order valence-corrected chi connectivity index (χ1v) is 12.9. The van der Waals surface area contributed by atoms with Gasteiger partial charge in [-0.25, -0.2) is 9.97 Å². The van der Waals surface area contributed by atoms with Crippen LogP contribution in [-0.2, 0) is 0 Å². The molecule has 0 fully saturated rings.